The van der Waals surface area contributed by atoms with Crippen LogP contribution in [0.2, 0.25) is 0 Å². The molecule has 2 atom stereocenters. The lowest BCUT2D eigenvalue weighted by Crippen LogP contribution is -2.45. The molecule has 126 valence electrons. The fourth-order valence-corrected chi connectivity index (χ4v) is 1.68. The second kappa shape index (κ2) is 7.76. The Kier molecular flexibility index (Phi) is 6.30. The summed E-state index contributed by atoms with van der Waals surface area (Å²) < 4.78 is 9.92. The smallest absolute Gasteiger partial charge is 0.351 e. The highest BCUT2D eigenvalue weighted by molar-refractivity contribution is 5.88. The fraction of sp³-hybridized carbons (Fsp3) is 0.471. The Morgan fingerprint density at radius 2 is 1.61 bits per heavy atom. The quantitative estimate of drug-likeness (QED) is 0.839. The van der Waals surface area contributed by atoms with Gasteiger partial charge in [0.05, 0.1) is 7.11 Å². The Morgan fingerprint density at radius 1 is 1.04 bits per heavy atom. The van der Waals surface area contributed by atoms with Crippen molar-refractivity contribution in [2.24, 2.45) is 5.41 Å². The molecule has 6 heteroatoms. The molecule has 1 rings (SSSR count). The molecule has 23 heavy (non-hydrogen) atoms. The average molecular weight is 321 g/mol. The summed E-state index contributed by atoms with van der Waals surface area (Å²) in [5.41, 5.74) is -0.127. The van der Waals surface area contributed by atoms with Gasteiger partial charge in [0.1, 0.15) is 6.04 Å². The molecule has 0 saturated heterocycles. The predicted molar refractivity (Wildman–Crippen MR) is 84.4 cm³/mol. The van der Waals surface area contributed by atoms with Gasteiger partial charge in [-0.3, -0.25) is 4.79 Å². The third kappa shape index (κ3) is 5.39. The first-order valence-corrected chi connectivity index (χ1v) is 7.31. The highest BCUT2D eigenvalue weighted by Crippen LogP contribution is 2.20. The number of methoxy groups -OCH3 is 1. The summed E-state index contributed by atoms with van der Waals surface area (Å²) in [7, 11) is 1.22. The minimum atomic E-state index is -1.16. The number of amides is 1. The maximum Gasteiger partial charge on any atom is 0.351 e. The topological polar surface area (TPSA) is 81.7 Å². The van der Waals surface area contributed by atoms with E-state index in [0.717, 1.165) is 0 Å². The van der Waals surface area contributed by atoms with Crippen LogP contribution in [0.15, 0.2) is 30.3 Å². The van der Waals surface area contributed by atoms with Gasteiger partial charge in [0.25, 0.3) is 0 Å². The van der Waals surface area contributed by atoms with Crippen molar-refractivity contribution in [3.63, 3.8) is 0 Å². The Labute approximate surface area is 136 Å². The number of hydrogen-bond acceptors (Lipinski definition) is 5. The number of esters is 2. The Morgan fingerprint density at radius 3 is 2.09 bits per heavy atom. The van der Waals surface area contributed by atoms with Crippen molar-refractivity contribution < 1.29 is 23.9 Å². The van der Waals surface area contributed by atoms with Gasteiger partial charge < -0.3 is 14.8 Å². The van der Waals surface area contributed by atoms with Crippen molar-refractivity contribution in [3.8, 4) is 0 Å². The first kappa shape index (κ1) is 18.7. The molecule has 2 unspecified atom stereocenters. The molecule has 1 aromatic carbocycles. The van der Waals surface area contributed by atoms with E-state index in [1.807, 2.05) is 0 Å². The van der Waals surface area contributed by atoms with Crippen LogP contribution in [0.25, 0.3) is 0 Å². The van der Waals surface area contributed by atoms with E-state index in [1.54, 1.807) is 51.1 Å². The van der Waals surface area contributed by atoms with Gasteiger partial charge in [-0.15, -0.1) is 0 Å². The van der Waals surface area contributed by atoms with Crippen LogP contribution in [0, 0.1) is 5.41 Å². The summed E-state index contributed by atoms with van der Waals surface area (Å²) in [5.74, 6) is -1.67. The van der Waals surface area contributed by atoms with Crippen LogP contribution in [0.5, 0.6) is 0 Å². The minimum absolute atomic E-state index is 0.281. The summed E-state index contributed by atoms with van der Waals surface area (Å²) in [4.78, 5) is 35.9. The lowest BCUT2D eigenvalue weighted by Gasteiger charge is -2.23. The molecule has 0 aromatic heterocycles. The standard InChI is InChI=1S/C17H23NO5/c1-11(18-16(21)17(2,3)4)14(19)23-13(15(20)22-5)12-9-7-6-8-10-12/h6-11,13H,1-5H3,(H,18,21). The van der Waals surface area contributed by atoms with Gasteiger partial charge in [0.2, 0.25) is 12.0 Å². The van der Waals surface area contributed by atoms with E-state index in [0.29, 0.717) is 5.56 Å². The van der Waals surface area contributed by atoms with Crippen molar-refractivity contribution in [2.45, 2.75) is 39.8 Å². The Bertz CT molecular complexity index is 562. The molecule has 0 radical (unpaired) electrons. The average Bonchev–Trinajstić information content (AvgIpc) is 2.51. The summed E-state index contributed by atoms with van der Waals surface area (Å²) in [6, 6.07) is 7.68. The maximum absolute atomic E-state index is 12.2. The molecule has 6 nitrogen and oxygen atoms in total. The molecular formula is C17H23NO5. The molecule has 0 aliphatic rings. The minimum Gasteiger partial charge on any atom is -0.466 e. The Hall–Kier alpha value is -2.37. The van der Waals surface area contributed by atoms with Crippen LogP contribution >= 0.6 is 0 Å². The van der Waals surface area contributed by atoms with Crippen LogP contribution < -0.4 is 5.32 Å². The van der Waals surface area contributed by atoms with Gasteiger partial charge in [-0.25, -0.2) is 9.59 Å². The fourth-order valence-electron chi connectivity index (χ4n) is 1.68. The summed E-state index contributed by atoms with van der Waals surface area (Å²) in [6.07, 6.45) is -1.16. The molecule has 0 spiro atoms. The van der Waals surface area contributed by atoms with Crippen LogP contribution in [0.1, 0.15) is 39.4 Å². The van der Waals surface area contributed by atoms with Gasteiger partial charge in [0, 0.05) is 11.0 Å². The molecule has 0 fully saturated rings. The predicted octanol–water partition coefficient (Wildman–Crippen LogP) is 1.99. The van der Waals surface area contributed by atoms with Crippen molar-refractivity contribution >= 4 is 17.8 Å². The third-order valence-corrected chi connectivity index (χ3v) is 3.13. The second-order valence-electron chi connectivity index (χ2n) is 6.20. The van der Waals surface area contributed by atoms with E-state index >= 15 is 0 Å². The molecular weight excluding hydrogens is 298 g/mol. The van der Waals surface area contributed by atoms with E-state index in [1.165, 1.54) is 14.0 Å². The lowest BCUT2D eigenvalue weighted by atomic mass is 9.95. The number of carbonyl (C=O) groups is 3. The van der Waals surface area contributed by atoms with Crippen molar-refractivity contribution in [3.05, 3.63) is 35.9 Å². The van der Waals surface area contributed by atoms with Crippen molar-refractivity contribution in [2.75, 3.05) is 7.11 Å². The number of rotatable bonds is 5. The van der Waals surface area contributed by atoms with Crippen molar-refractivity contribution in [1.82, 2.24) is 5.32 Å². The molecule has 1 aromatic rings. The largest absolute Gasteiger partial charge is 0.466 e. The molecule has 0 saturated carbocycles. The number of carbonyl (C=O) groups excluding carboxylic acids is 3. The van der Waals surface area contributed by atoms with Crippen molar-refractivity contribution in [1.29, 1.82) is 0 Å². The lowest BCUT2D eigenvalue weighted by molar-refractivity contribution is -0.168. The van der Waals surface area contributed by atoms with Gasteiger partial charge in [0.15, 0.2) is 0 Å². The highest BCUT2D eigenvalue weighted by Gasteiger charge is 2.30. The van der Waals surface area contributed by atoms with Crippen LogP contribution in [-0.2, 0) is 23.9 Å². The molecule has 0 aliphatic carbocycles. The first-order valence-electron chi connectivity index (χ1n) is 7.31. The second-order valence-corrected chi connectivity index (χ2v) is 6.20. The zero-order valence-electron chi connectivity index (χ0n) is 14.1. The Balaban J connectivity index is 2.82. The van der Waals surface area contributed by atoms with Gasteiger partial charge in [-0.05, 0) is 6.92 Å². The van der Waals surface area contributed by atoms with E-state index in [9.17, 15) is 14.4 Å². The van der Waals surface area contributed by atoms with E-state index in [2.05, 4.69) is 10.1 Å². The van der Waals surface area contributed by atoms with Crippen LogP contribution in [0.4, 0.5) is 0 Å². The van der Waals surface area contributed by atoms with E-state index < -0.39 is 29.5 Å². The normalized spacial score (nSPS) is 13.6. The molecule has 1 amide bonds. The van der Waals surface area contributed by atoms with E-state index in [4.69, 9.17) is 4.74 Å². The number of ether oxygens (including phenoxy) is 2. The molecule has 0 bridgehead atoms. The first-order chi connectivity index (χ1) is 10.7. The zero-order chi connectivity index (χ0) is 17.6. The van der Waals surface area contributed by atoms with Gasteiger partial charge in [-0.1, -0.05) is 51.1 Å². The highest BCUT2D eigenvalue weighted by atomic mass is 16.6. The third-order valence-electron chi connectivity index (χ3n) is 3.13. The SMILES string of the molecule is COC(=O)C(OC(=O)C(C)NC(=O)C(C)(C)C)c1ccccc1. The number of nitrogens with one attached hydrogen (secondary N) is 1. The summed E-state index contributed by atoms with van der Waals surface area (Å²) >= 11 is 0. The molecule has 1 N–H and O–H groups in total. The van der Waals surface area contributed by atoms with Gasteiger partial charge in [-0.2, -0.15) is 0 Å². The van der Waals surface area contributed by atoms with E-state index in [-0.39, 0.29) is 5.91 Å². The number of hydrogen-bond donors (Lipinski definition) is 1. The van der Waals surface area contributed by atoms with Gasteiger partial charge >= 0.3 is 11.9 Å². The monoisotopic (exact) mass is 321 g/mol. The number of benzene rings is 1. The summed E-state index contributed by atoms with van der Waals surface area (Å²) in [6.45, 7) is 6.72. The van der Waals surface area contributed by atoms with Crippen LogP contribution in [0.3, 0.4) is 0 Å². The summed E-state index contributed by atoms with van der Waals surface area (Å²) in [5, 5.41) is 2.57. The molecule has 0 heterocycles. The molecule has 0 aliphatic heterocycles. The van der Waals surface area contributed by atoms with Crippen LogP contribution in [-0.4, -0.2) is 31.0 Å². The zero-order valence-corrected chi connectivity index (χ0v) is 14.1. The maximum atomic E-state index is 12.2.